The number of aliphatic hydroxyl groups excluding tert-OH is 1. The van der Waals surface area contributed by atoms with Gasteiger partial charge in [-0.3, -0.25) is 4.79 Å². The van der Waals surface area contributed by atoms with Crippen molar-refractivity contribution in [1.82, 2.24) is 25.3 Å². The number of aromatic nitrogens is 4. The Kier molecular flexibility index (Phi) is 6.50. The van der Waals surface area contributed by atoms with Crippen molar-refractivity contribution in [2.24, 2.45) is 0 Å². The van der Waals surface area contributed by atoms with Gasteiger partial charge < -0.3 is 25.5 Å². The summed E-state index contributed by atoms with van der Waals surface area (Å²) in [5, 5.41) is 17.0. The van der Waals surface area contributed by atoms with Crippen molar-refractivity contribution in [1.29, 1.82) is 0 Å². The van der Waals surface area contributed by atoms with Gasteiger partial charge in [0.2, 0.25) is 11.9 Å². The number of piperazine rings is 1. The molecule has 2 aliphatic rings. The fourth-order valence-corrected chi connectivity index (χ4v) is 4.48. The van der Waals surface area contributed by atoms with Crippen molar-refractivity contribution < 1.29 is 9.90 Å². The predicted molar refractivity (Wildman–Crippen MR) is 132 cm³/mol. The minimum atomic E-state index is -0.466. The Morgan fingerprint density at radius 2 is 1.97 bits per heavy atom. The van der Waals surface area contributed by atoms with E-state index in [2.05, 4.69) is 25.5 Å². The van der Waals surface area contributed by atoms with Gasteiger partial charge in [-0.15, -0.1) is 0 Å². The average molecular weight is 463 g/mol. The van der Waals surface area contributed by atoms with Gasteiger partial charge in [0.1, 0.15) is 11.3 Å². The molecule has 5 rings (SSSR count). The third-order valence-corrected chi connectivity index (χ3v) is 6.15. The SMILES string of the molecule is C[C@H](O)Cc1cc2cnc(Nc3ccc(N4CCNCC4=O)cn3)nc2c(N2CCCCC2)n1. The molecule has 0 bridgehead atoms. The molecule has 178 valence electrons. The summed E-state index contributed by atoms with van der Waals surface area (Å²) in [5.74, 6) is 1.93. The molecule has 5 heterocycles. The molecule has 0 aliphatic carbocycles. The van der Waals surface area contributed by atoms with E-state index in [-0.39, 0.29) is 5.91 Å². The van der Waals surface area contributed by atoms with Crippen LogP contribution in [0.15, 0.2) is 30.6 Å². The van der Waals surface area contributed by atoms with E-state index in [1.807, 2.05) is 18.2 Å². The summed E-state index contributed by atoms with van der Waals surface area (Å²) in [5.41, 5.74) is 2.41. The van der Waals surface area contributed by atoms with E-state index >= 15 is 0 Å². The topological polar surface area (TPSA) is 119 Å². The molecule has 3 aromatic rings. The summed E-state index contributed by atoms with van der Waals surface area (Å²) in [6.07, 6.45) is 6.99. The molecule has 0 spiro atoms. The highest BCUT2D eigenvalue weighted by molar-refractivity contribution is 5.95. The van der Waals surface area contributed by atoms with Gasteiger partial charge in [0, 0.05) is 49.9 Å². The van der Waals surface area contributed by atoms with E-state index in [4.69, 9.17) is 9.97 Å². The maximum absolute atomic E-state index is 12.1. The van der Waals surface area contributed by atoms with E-state index in [0.29, 0.717) is 31.3 Å². The lowest BCUT2D eigenvalue weighted by Gasteiger charge is -2.29. The number of carbonyl (C=O) groups excluding carboxylic acids is 1. The Morgan fingerprint density at radius 1 is 1.12 bits per heavy atom. The molecule has 10 nitrogen and oxygen atoms in total. The molecule has 0 saturated carbocycles. The van der Waals surface area contributed by atoms with Crippen LogP contribution in [0.5, 0.6) is 0 Å². The molecule has 1 amide bonds. The van der Waals surface area contributed by atoms with Crippen molar-refractivity contribution in [2.45, 2.75) is 38.7 Å². The highest BCUT2D eigenvalue weighted by Gasteiger charge is 2.20. The van der Waals surface area contributed by atoms with Crippen molar-refractivity contribution in [2.75, 3.05) is 47.8 Å². The van der Waals surface area contributed by atoms with Crippen LogP contribution in [0.4, 0.5) is 23.3 Å². The van der Waals surface area contributed by atoms with E-state index in [0.717, 1.165) is 60.6 Å². The zero-order valence-corrected chi connectivity index (χ0v) is 19.4. The lowest BCUT2D eigenvalue weighted by Crippen LogP contribution is -2.48. The number of nitrogens with one attached hydrogen (secondary N) is 2. The summed E-state index contributed by atoms with van der Waals surface area (Å²) < 4.78 is 0. The Balaban J connectivity index is 1.42. The number of rotatable bonds is 6. The van der Waals surface area contributed by atoms with Crippen molar-refractivity contribution in [3.05, 3.63) is 36.3 Å². The van der Waals surface area contributed by atoms with Gasteiger partial charge in [-0.05, 0) is 44.4 Å². The molecule has 0 aromatic carbocycles. The van der Waals surface area contributed by atoms with Crippen LogP contribution < -0.4 is 20.4 Å². The second-order valence-electron chi connectivity index (χ2n) is 8.92. The van der Waals surface area contributed by atoms with Crippen LogP contribution >= 0.6 is 0 Å². The molecule has 2 saturated heterocycles. The predicted octanol–water partition coefficient (Wildman–Crippen LogP) is 2.01. The zero-order valence-electron chi connectivity index (χ0n) is 19.4. The summed E-state index contributed by atoms with van der Waals surface area (Å²) in [6.45, 7) is 5.40. The number of piperidine rings is 1. The van der Waals surface area contributed by atoms with Crippen molar-refractivity contribution in [3.63, 3.8) is 0 Å². The summed E-state index contributed by atoms with van der Waals surface area (Å²) in [7, 11) is 0. The van der Waals surface area contributed by atoms with Crippen LogP contribution in [0.2, 0.25) is 0 Å². The smallest absolute Gasteiger partial charge is 0.241 e. The van der Waals surface area contributed by atoms with Crippen LogP contribution in [0.3, 0.4) is 0 Å². The first-order valence-electron chi connectivity index (χ1n) is 11.9. The average Bonchev–Trinajstić information content (AvgIpc) is 2.85. The molecule has 34 heavy (non-hydrogen) atoms. The number of pyridine rings is 2. The number of nitrogens with zero attached hydrogens (tertiary/aromatic N) is 6. The first-order valence-corrected chi connectivity index (χ1v) is 11.9. The van der Waals surface area contributed by atoms with Gasteiger partial charge in [0.05, 0.1) is 24.5 Å². The standard InChI is InChI=1S/C24H30N8O2/c1-16(33)11-18-12-17-13-27-24(30-22(17)23(28-18)31-8-3-2-4-9-31)29-20-6-5-19(14-26-20)32-10-7-25-15-21(32)34/h5-6,12-14,16,25,33H,2-4,7-11,15H2,1H3,(H,26,27,29,30)/t16-/m0/s1. The molecule has 10 heteroatoms. The third-order valence-electron chi connectivity index (χ3n) is 6.15. The van der Waals surface area contributed by atoms with Gasteiger partial charge >= 0.3 is 0 Å². The quantitative estimate of drug-likeness (QED) is 0.505. The Labute approximate surface area is 198 Å². The van der Waals surface area contributed by atoms with E-state index in [9.17, 15) is 9.90 Å². The maximum atomic E-state index is 12.1. The molecule has 1 atom stereocenters. The second-order valence-corrected chi connectivity index (χ2v) is 8.92. The monoisotopic (exact) mass is 462 g/mol. The molecule has 2 fully saturated rings. The first kappa shape index (κ1) is 22.4. The summed E-state index contributed by atoms with van der Waals surface area (Å²) in [6, 6.07) is 5.66. The number of hydrogen-bond acceptors (Lipinski definition) is 9. The van der Waals surface area contributed by atoms with E-state index in [1.54, 1.807) is 24.2 Å². The Bertz CT molecular complexity index is 1160. The molecular weight excluding hydrogens is 432 g/mol. The maximum Gasteiger partial charge on any atom is 0.241 e. The van der Waals surface area contributed by atoms with Crippen LogP contribution in [0, 0.1) is 0 Å². The van der Waals surface area contributed by atoms with Gasteiger partial charge in [0.15, 0.2) is 5.82 Å². The van der Waals surface area contributed by atoms with Gasteiger partial charge in [-0.1, -0.05) is 0 Å². The molecule has 3 N–H and O–H groups in total. The van der Waals surface area contributed by atoms with Gasteiger partial charge in [-0.25, -0.2) is 19.9 Å². The number of anilines is 4. The van der Waals surface area contributed by atoms with E-state index < -0.39 is 6.10 Å². The number of amides is 1. The molecular formula is C24H30N8O2. The fraction of sp³-hybridized carbons (Fsp3) is 0.458. The first-order chi connectivity index (χ1) is 16.6. The molecule has 0 radical (unpaired) electrons. The minimum Gasteiger partial charge on any atom is -0.393 e. The number of fused-ring (bicyclic) bond motifs is 1. The lowest BCUT2D eigenvalue weighted by atomic mass is 10.1. The Morgan fingerprint density at radius 3 is 2.71 bits per heavy atom. The fourth-order valence-electron chi connectivity index (χ4n) is 4.48. The molecule has 2 aliphatic heterocycles. The highest BCUT2D eigenvalue weighted by atomic mass is 16.3. The normalized spacial score (nSPS) is 17.8. The Hall–Kier alpha value is -3.37. The largest absolute Gasteiger partial charge is 0.393 e. The van der Waals surface area contributed by atoms with Crippen LogP contribution in [0.1, 0.15) is 31.9 Å². The zero-order chi connectivity index (χ0) is 23.5. The summed E-state index contributed by atoms with van der Waals surface area (Å²) >= 11 is 0. The molecule has 0 unspecified atom stereocenters. The summed E-state index contributed by atoms with van der Waals surface area (Å²) in [4.78, 5) is 34.8. The third kappa shape index (κ3) is 4.92. The lowest BCUT2D eigenvalue weighted by molar-refractivity contribution is -0.118. The second kappa shape index (κ2) is 9.86. The van der Waals surface area contributed by atoms with Crippen LogP contribution in [0.25, 0.3) is 10.9 Å². The minimum absolute atomic E-state index is 0.0410. The van der Waals surface area contributed by atoms with Crippen molar-refractivity contribution in [3.8, 4) is 0 Å². The number of aliphatic hydroxyl groups is 1. The molecule has 3 aromatic heterocycles. The number of hydrogen-bond donors (Lipinski definition) is 3. The number of carbonyl (C=O) groups is 1. The van der Waals surface area contributed by atoms with Gasteiger partial charge in [0.25, 0.3) is 0 Å². The van der Waals surface area contributed by atoms with Gasteiger partial charge in [-0.2, -0.15) is 0 Å². The highest BCUT2D eigenvalue weighted by Crippen LogP contribution is 2.28. The van der Waals surface area contributed by atoms with Crippen LogP contribution in [-0.2, 0) is 11.2 Å². The van der Waals surface area contributed by atoms with Crippen LogP contribution in [-0.4, -0.2) is 69.8 Å². The van der Waals surface area contributed by atoms with E-state index in [1.165, 1.54) is 6.42 Å². The van der Waals surface area contributed by atoms with Crippen molar-refractivity contribution >= 4 is 40.1 Å².